The molecule has 0 aliphatic carbocycles. The van der Waals surface area contributed by atoms with Crippen LogP contribution in [0.2, 0.25) is 0 Å². The van der Waals surface area contributed by atoms with Gasteiger partial charge in [-0.2, -0.15) is 0 Å². The second kappa shape index (κ2) is 8.90. The SMILES string of the molecule is CCCCCN(CCC(=O)Nc1ccccc1C)S(C)(=O)=O. The lowest BCUT2D eigenvalue weighted by Gasteiger charge is -2.19. The number of benzene rings is 1. The molecule has 1 N–H and O–H groups in total. The van der Waals surface area contributed by atoms with Crippen molar-refractivity contribution >= 4 is 21.6 Å². The molecule has 1 rings (SSSR count). The summed E-state index contributed by atoms with van der Waals surface area (Å²) in [6.07, 6.45) is 4.20. The highest BCUT2D eigenvalue weighted by Gasteiger charge is 2.17. The fourth-order valence-corrected chi connectivity index (χ4v) is 3.02. The van der Waals surface area contributed by atoms with Crippen molar-refractivity contribution in [3.8, 4) is 0 Å². The van der Waals surface area contributed by atoms with Gasteiger partial charge < -0.3 is 5.32 Å². The molecular formula is C16H26N2O3S. The van der Waals surface area contributed by atoms with Crippen LogP contribution in [0.25, 0.3) is 0 Å². The number of para-hydroxylation sites is 1. The van der Waals surface area contributed by atoms with Crippen molar-refractivity contribution in [3.63, 3.8) is 0 Å². The van der Waals surface area contributed by atoms with Crippen molar-refractivity contribution in [2.45, 2.75) is 39.5 Å². The zero-order chi connectivity index (χ0) is 16.6. The summed E-state index contributed by atoms with van der Waals surface area (Å²) in [5, 5.41) is 2.82. The Labute approximate surface area is 133 Å². The fourth-order valence-electron chi connectivity index (χ4n) is 2.13. The number of nitrogens with one attached hydrogen (secondary N) is 1. The van der Waals surface area contributed by atoms with E-state index in [1.165, 1.54) is 10.6 Å². The Balaban J connectivity index is 2.53. The van der Waals surface area contributed by atoms with Crippen molar-refractivity contribution < 1.29 is 13.2 Å². The maximum absolute atomic E-state index is 12.0. The summed E-state index contributed by atoms with van der Waals surface area (Å²) in [5.74, 6) is -0.168. The topological polar surface area (TPSA) is 66.5 Å². The summed E-state index contributed by atoms with van der Waals surface area (Å²) >= 11 is 0. The van der Waals surface area contributed by atoms with E-state index < -0.39 is 10.0 Å². The summed E-state index contributed by atoms with van der Waals surface area (Å²) in [4.78, 5) is 12.0. The van der Waals surface area contributed by atoms with Gasteiger partial charge >= 0.3 is 0 Å². The second-order valence-electron chi connectivity index (χ2n) is 5.48. The van der Waals surface area contributed by atoms with E-state index >= 15 is 0 Å². The first-order valence-electron chi connectivity index (χ1n) is 7.65. The largest absolute Gasteiger partial charge is 0.326 e. The molecule has 0 spiro atoms. The average molecular weight is 326 g/mol. The molecule has 0 heterocycles. The number of carbonyl (C=O) groups excluding carboxylic acids is 1. The smallest absolute Gasteiger partial charge is 0.225 e. The summed E-state index contributed by atoms with van der Waals surface area (Å²) < 4.78 is 24.9. The summed E-state index contributed by atoms with van der Waals surface area (Å²) in [6.45, 7) is 4.69. The molecule has 6 heteroatoms. The van der Waals surface area contributed by atoms with Crippen LogP contribution in [0.5, 0.6) is 0 Å². The van der Waals surface area contributed by atoms with E-state index in [0.717, 1.165) is 30.5 Å². The van der Waals surface area contributed by atoms with Gasteiger partial charge in [-0.25, -0.2) is 12.7 Å². The maximum atomic E-state index is 12.0. The van der Waals surface area contributed by atoms with Crippen molar-refractivity contribution in [1.29, 1.82) is 0 Å². The third-order valence-electron chi connectivity index (χ3n) is 3.49. The highest BCUT2D eigenvalue weighted by molar-refractivity contribution is 7.88. The van der Waals surface area contributed by atoms with E-state index in [4.69, 9.17) is 0 Å². The summed E-state index contributed by atoms with van der Waals surface area (Å²) in [7, 11) is -3.27. The van der Waals surface area contributed by atoms with Crippen LogP contribution in [0.1, 0.15) is 38.2 Å². The number of hydrogen-bond acceptors (Lipinski definition) is 3. The number of aryl methyl sites for hydroxylation is 1. The van der Waals surface area contributed by atoms with E-state index in [1.54, 1.807) is 0 Å². The Morgan fingerprint density at radius 3 is 2.45 bits per heavy atom. The zero-order valence-electron chi connectivity index (χ0n) is 13.6. The Kier molecular flexibility index (Phi) is 7.55. The zero-order valence-corrected chi connectivity index (χ0v) is 14.4. The van der Waals surface area contributed by atoms with Crippen LogP contribution in [0, 0.1) is 6.92 Å². The summed E-state index contributed by atoms with van der Waals surface area (Å²) in [5.41, 5.74) is 1.75. The molecule has 124 valence electrons. The van der Waals surface area contributed by atoms with Gasteiger partial charge in [0.1, 0.15) is 0 Å². The van der Waals surface area contributed by atoms with Crippen molar-refractivity contribution in [3.05, 3.63) is 29.8 Å². The van der Waals surface area contributed by atoms with Gasteiger partial charge in [0.05, 0.1) is 6.26 Å². The predicted molar refractivity (Wildman–Crippen MR) is 90.4 cm³/mol. The Morgan fingerprint density at radius 1 is 1.18 bits per heavy atom. The maximum Gasteiger partial charge on any atom is 0.225 e. The minimum Gasteiger partial charge on any atom is -0.326 e. The lowest BCUT2D eigenvalue weighted by Crippen LogP contribution is -2.33. The molecule has 0 aliphatic rings. The van der Waals surface area contributed by atoms with Crippen molar-refractivity contribution in [2.75, 3.05) is 24.7 Å². The monoisotopic (exact) mass is 326 g/mol. The minimum atomic E-state index is -3.27. The molecule has 0 bridgehead atoms. The molecule has 0 aromatic heterocycles. The molecule has 0 saturated heterocycles. The van der Waals surface area contributed by atoms with Crippen LogP contribution >= 0.6 is 0 Å². The molecule has 0 fully saturated rings. The Hall–Kier alpha value is -1.40. The number of amides is 1. The summed E-state index contributed by atoms with van der Waals surface area (Å²) in [6, 6.07) is 7.52. The number of nitrogens with zero attached hydrogens (tertiary/aromatic N) is 1. The van der Waals surface area contributed by atoms with Gasteiger partial charge in [0, 0.05) is 25.2 Å². The molecule has 0 radical (unpaired) electrons. The van der Waals surface area contributed by atoms with Crippen LogP contribution in [0.4, 0.5) is 5.69 Å². The van der Waals surface area contributed by atoms with Gasteiger partial charge in [0.25, 0.3) is 0 Å². The number of rotatable bonds is 9. The average Bonchev–Trinajstić information content (AvgIpc) is 2.44. The molecule has 0 unspecified atom stereocenters. The highest BCUT2D eigenvalue weighted by atomic mass is 32.2. The molecular weight excluding hydrogens is 300 g/mol. The molecule has 5 nitrogen and oxygen atoms in total. The van der Waals surface area contributed by atoms with Gasteiger partial charge in [-0.3, -0.25) is 4.79 Å². The number of sulfonamides is 1. The van der Waals surface area contributed by atoms with Crippen LogP contribution in [-0.2, 0) is 14.8 Å². The van der Waals surface area contributed by atoms with Crippen LogP contribution < -0.4 is 5.32 Å². The van der Waals surface area contributed by atoms with Gasteiger partial charge in [-0.05, 0) is 25.0 Å². The number of hydrogen-bond donors (Lipinski definition) is 1. The molecule has 0 atom stereocenters. The van der Waals surface area contributed by atoms with Crippen LogP contribution in [-0.4, -0.2) is 38.0 Å². The van der Waals surface area contributed by atoms with Gasteiger partial charge in [-0.15, -0.1) is 0 Å². The van der Waals surface area contributed by atoms with Crippen molar-refractivity contribution in [1.82, 2.24) is 4.31 Å². The molecule has 1 aromatic carbocycles. The van der Waals surface area contributed by atoms with Gasteiger partial charge in [0.2, 0.25) is 15.9 Å². The van der Waals surface area contributed by atoms with Crippen LogP contribution in [0.15, 0.2) is 24.3 Å². The first-order chi connectivity index (χ1) is 10.3. The molecule has 22 heavy (non-hydrogen) atoms. The van der Waals surface area contributed by atoms with Gasteiger partial charge in [-0.1, -0.05) is 38.0 Å². The number of unbranched alkanes of at least 4 members (excludes halogenated alkanes) is 2. The highest BCUT2D eigenvalue weighted by Crippen LogP contribution is 2.13. The first-order valence-corrected chi connectivity index (χ1v) is 9.50. The third kappa shape index (κ3) is 6.58. The number of carbonyl (C=O) groups is 1. The second-order valence-corrected chi connectivity index (χ2v) is 7.46. The minimum absolute atomic E-state index is 0.160. The molecule has 1 amide bonds. The first kappa shape index (κ1) is 18.6. The lowest BCUT2D eigenvalue weighted by atomic mass is 10.2. The van der Waals surface area contributed by atoms with E-state index in [0.29, 0.717) is 6.54 Å². The Morgan fingerprint density at radius 2 is 1.86 bits per heavy atom. The molecule has 0 aliphatic heterocycles. The van der Waals surface area contributed by atoms with E-state index in [2.05, 4.69) is 12.2 Å². The van der Waals surface area contributed by atoms with Crippen molar-refractivity contribution in [2.24, 2.45) is 0 Å². The molecule has 1 aromatic rings. The standard InChI is InChI=1S/C16H26N2O3S/c1-4-5-8-12-18(22(3,20)21)13-11-16(19)17-15-10-7-6-9-14(15)2/h6-7,9-10H,4-5,8,11-13H2,1-3H3,(H,17,19). The normalized spacial score (nSPS) is 11.6. The van der Waals surface area contributed by atoms with E-state index in [9.17, 15) is 13.2 Å². The van der Waals surface area contributed by atoms with E-state index in [-0.39, 0.29) is 18.9 Å². The van der Waals surface area contributed by atoms with Gasteiger partial charge in [0.15, 0.2) is 0 Å². The fraction of sp³-hybridized carbons (Fsp3) is 0.562. The quantitative estimate of drug-likeness (QED) is 0.710. The predicted octanol–water partition coefficient (Wildman–Crippen LogP) is 2.78. The van der Waals surface area contributed by atoms with E-state index in [1.807, 2.05) is 31.2 Å². The third-order valence-corrected chi connectivity index (χ3v) is 4.79. The molecule has 0 saturated carbocycles. The number of anilines is 1. The van der Waals surface area contributed by atoms with Crippen LogP contribution in [0.3, 0.4) is 0 Å². The Bertz CT molecular complexity index is 585. The lowest BCUT2D eigenvalue weighted by molar-refractivity contribution is -0.116.